The maximum absolute atomic E-state index is 12.6. The Bertz CT molecular complexity index is 1010. The molecule has 0 bridgehead atoms. The molecule has 1 heterocycles. The molecule has 1 aliphatic rings. The van der Waals surface area contributed by atoms with Crippen LogP contribution in [0.2, 0.25) is 0 Å². The normalized spacial score (nSPS) is 16.2. The van der Waals surface area contributed by atoms with Crippen molar-refractivity contribution in [3.05, 3.63) is 66.2 Å². The summed E-state index contributed by atoms with van der Waals surface area (Å²) in [6.45, 7) is 1.56. The highest BCUT2D eigenvalue weighted by Gasteiger charge is 2.35. The largest absolute Gasteiger partial charge is 0.497 e. The minimum absolute atomic E-state index is 0.132. The minimum atomic E-state index is -1.07. The molecule has 0 aliphatic carbocycles. The highest BCUT2D eigenvalue weighted by molar-refractivity contribution is 5.90. The molecule has 0 amide bonds. The zero-order valence-corrected chi connectivity index (χ0v) is 20.0. The number of methoxy groups -OCH3 is 3. The number of piperidine rings is 1. The molecule has 7 nitrogen and oxygen atoms in total. The number of rotatable bonds is 10. The highest BCUT2D eigenvalue weighted by Crippen LogP contribution is 2.41. The van der Waals surface area contributed by atoms with Crippen LogP contribution in [0.25, 0.3) is 0 Å². The minimum Gasteiger partial charge on any atom is -0.497 e. The van der Waals surface area contributed by atoms with Gasteiger partial charge in [0.2, 0.25) is 0 Å². The summed E-state index contributed by atoms with van der Waals surface area (Å²) < 4.78 is 15.5. The van der Waals surface area contributed by atoms with Crippen molar-refractivity contribution in [2.75, 3.05) is 39.3 Å². The van der Waals surface area contributed by atoms with Gasteiger partial charge in [-0.1, -0.05) is 30.3 Å². The highest BCUT2D eigenvalue weighted by atomic mass is 16.5. The summed E-state index contributed by atoms with van der Waals surface area (Å²) in [6.07, 6.45) is 3.66. The summed E-state index contributed by atoms with van der Waals surface area (Å²) in [7, 11) is 4.57. The van der Waals surface area contributed by atoms with E-state index < -0.39 is 12.1 Å². The molecule has 3 rings (SSSR count). The number of benzene rings is 2. The van der Waals surface area contributed by atoms with E-state index in [0.29, 0.717) is 0 Å². The number of aliphatic hydroxyl groups is 1. The van der Waals surface area contributed by atoms with Crippen LogP contribution in [0.5, 0.6) is 11.5 Å². The van der Waals surface area contributed by atoms with E-state index in [-0.39, 0.29) is 24.0 Å². The fourth-order valence-corrected chi connectivity index (χ4v) is 4.42. The van der Waals surface area contributed by atoms with Crippen molar-refractivity contribution in [1.29, 1.82) is 0 Å². The van der Waals surface area contributed by atoms with Gasteiger partial charge in [-0.2, -0.15) is 0 Å². The molecule has 1 fully saturated rings. The number of anilines is 1. The topological polar surface area (TPSA) is 85.3 Å². The Hall–Kier alpha value is -3.32. The van der Waals surface area contributed by atoms with Crippen LogP contribution in [0.15, 0.2) is 60.7 Å². The van der Waals surface area contributed by atoms with Gasteiger partial charge in [-0.25, -0.2) is 0 Å². The molecule has 2 aromatic carbocycles. The molecule has 1 aliphatic heterocycles. The van der Waals surface area contributed by atoms with E-state index in [1.165, 1.54) is 7.11 Å². The summed E-state index contributed by atoms with van der Waals surface area (Å²) in [5.41, 5.74) is 1.76. The number of esters is 1. The number of hydrogen-bond donors (Lipinski definition) is 1. The first kappa shape index (κ1) is 25.3. The standard InChI is InChI=1S/C27H33NO6/c1-32-23-8-6-7-20(17-23)27(12-11-21(29)18-22(30)19-26(31)34-3)13-15-28(16-14-27)24-9-4-5-10-25(24)33-2/h4-12,17,22,30H,13-16,18-19H2,1-3H3/b12-11+. The third-order valence-electron chi connectivity index (χ3n) is 6.38. The van der Waals surface area contributed by atoms with Gasteiger partial charge in [-0.05, 0) is 48.7 Å². The van der Waals surface area contributed by atoms with Crippen molar-refractivity contribution in [3.8, 4) is 11.5 Å². The van der Waals surface area contributed by atoms with Crippen molar-refractivity contribution >= 4 is 17.4 Å². The number of ketones is 1. The lowest BCUT2D eigenvalue weighted by molar-refractivity contribution is -0.143. The van der Waals surface area contributed by atoms with E-state index in [2.05, 4.69) is 21.8 Å². The first-order chi connectivity index (χ1) is 16.4. The SMILES string of the molecule is COC(=O)CC(O)CC(=O)/C=C/C1(c2cccc(OC)c2)CCN(c2ccccc2OC)CC1. The van der Waals surface area contributed by atoms with Gasteiger partial charge in [0.15, 0.2) is 5.78 Å². The molecule has 2 aromatic rings. The third kappa shape index (κ3) is 6.17. The molecule has 0 aromatic heterocycles. The van der Waals surface area contributed by atoms with Crippen molar-refractivity contribution in [2.45, 2.75) is 37.2 Å². The molecular weight excluding hydrogens is 434 g/mol. The summed E-state index contributed by atoms with van der Waals surface area (Å²) in [4.78, 5) is 26.2. The van der Waals surface area contributed by atoms with Crippen molar-refractivity contribution in [2.24, 2.45) is 0 Å². The monoisotopic (exact) mass is 467 g/mol. The first-order valence-corrected chi connectivity index (χ1v) is 11.4. The smallest absolute Gasteiger partial charge is 0.308 e. The van der Waals surface area contributed by atoms with Crippen LogP contribution in [0, 0.1) is 0 Å². The van der Waals surface area contributed by atoms with E-state index in [1.807, 2.05) is 42.5 Å². The number of carbonyl (C=O) groups excluding carboxylic acids is 2. The molecule has 7 heteroatoms. The molecule has 1 unspecified atom stereocenters. The van der Waals surface area contributed by atoms with Crippen LogP contribution < -0.4 is 14.4 Å². The molecule has 0 radical (unpaired) electrons. The second-order valence-electron chi connectivity index (χ2n) is 8.48. The number of allylic oxidation sites excluding steroid dienone is 2. The number of hydrogen-bond acceptors (Lipinski definition) is 7. The lowest BCUT2D eigenvalue weighted by atomic mass is 9.72. The average Bonchev–Trinajstić information content (AvgIpc) is 2.87. The van der Waals surface area contributed by atoms with Crippen LogP contribution in [0.3, 0.4) is 0 Å². The number of aliphatic hydroxyl groups excluding tert-OH is 1. The van der Waals surface area contributed by atoms with Crippen LogP contribution in [0.4, 0.5) is 5.69 Å². The van der Waals surface area contributed by atoms with Gasteiger partial charge in [-0.3, -0.25) is 9.59 Å². The maximum atomic E-state index is 12.6. The molecule has 1 atom stereocenters. The van der Waals surface area contributed by atoms with Crippen molar-refractivity contribution < 1.29 is 28.9 Å². The second kappa shape index (κ2) is 11.7. The van der Waals surface area contributed by atoms with Gasteiger partial charge in [0, 0.05) is 24.9 Å². The van der Waals surface area contributed by atoms with Crippen molar-refractivity contribution in [3.63, 3.8) is 0 Å². The number of ether oxygens (including phenoxy) is 3. The van der Waals surface area contributed by atoms with E-state index in [4.69, 9.17) is 9.47 Å². The first-order valence-electron chi connectivity index (χ1n) is 11.4. The van der Waals surface area contributed by atoms with E-state index >= 15 is 0 Å². The molecule has 1 N–H and O–H groups in total. The van der Waals surface area contributed by atoms with E-state index in [0.717, 1.165) is 48.7 Å². The second-order valence-corrected chi connectivity index (χ2v) is 8.48. The molecule has 0 spiro atoms. The Labute approximate surface area is 200 Å². The predicted octanol–water partition coefficient (Wildman–Crippen LogP) is 3.68. The number of para-hydroxylation sites is 2. The quantitative estimate of drug-likeness (QED) is 0.421. The van der Waals surface area contributed by atoms with Crippen LogP contribution in [-0.4, -0.2) is 57.4 Å². The Morgan fingerprint density at radius 3 is 2.44 bits per heavy atom. The van der Waals surface area contributed by atoms with Crippen LogP contribution in [0.1, 0.15) is 31.2 Å². The van der Waals surface area contributed by atoms with Crippen LogP contribution >= 0.6 is 0 Å². The number of nitrogens with zero attached hydrogens (tertiary/aromatic N) is 1. The zero-order valence-electron chi connectivity index (χ0n) is 20.0. The third-order valence-corrected chi connectivity index (χ3v) is 6.38. The van der Waals surface area contributed by atoms with Crippen LogP contribution in [-0.2, 0) is 19.7 Å². The van der Waals surface area contributed by atoms with Gasteiger partial charge < -0.3 is 24.2 Å². The zero-order chi connectivity index (χ0) is 24.6. The Balaban J connectivity index is 1.81. The molecule has 34 heavy (non-hydrogen) atoms. The lowest BCUT2D eigenvalue weighted by Crippen LogP contribution is -2.42. The van der Waals surface area contributed by atoms with Gasteiger partial charge in [-0.15, -0.1) is 0 Å². The predicted molar refractivity (Wildman–Crippen MR) is 131 cm³/mol. The average molecular weight is 468 g/mol. The molecule has 182 valence electrons. The molecular formula is C27H33NO6. The Morgan fingerprint density at radius 1 is 1.03 bits per heavy atom. The molecule has 1 saturated heterocycles. The summed E-state index contributed by atoms with van der Waals surface area (Å²) in [5, 5.41) is 10.0. The van der Waals surface area contributed by atoms with Crippen molar-refractivity contribution in [1.82, 2.24) is 0 Å². The van der Waals surface area contributed by atoms with Gasteiger partial charge in [0.25, 0.3) is 0 Å². The van der Waals surface area contributed by atoms with E-state index in [9.17, 15) is 14.7 Å². The lowest BCUT2D eigenvalue weighted by Gasteiger charge is -2.42. The van der Waals surface area contributed by atoms with E-state index in [1.54, 1.807) is 20.3 Å². The summed E-state index contributed by atoms with van der Waals surface area (Å²) in [6, 6.07) is 15.9. The Morgan fingerprint density at radius 2 is 1.76 bits per heavy atom. The fourth-order valence-electron chi connectivity index (χ4n) is 4.42. The fraction of sp³-hybridized carbons (Fsp3) is 0.407. The maximum Gasteiger partial charge on any atom is 0.308 e. The Kier molecular flexibility index (Phi) is 8.71. The van der Waals surface area contributed by atoms with Gasteiger partial charge in [0.05, 0.1) is 39.5 Å². The number of carbonyl (C=O) groups is 2. The van der Waals surface area contributed by atoms with Gasteiger partial charge >= 0.3 is 5.97 Å². The molecule has 0 saturated carbocycles. The summed E-state index contributed by atoms with van der Waals surface area (Å²) in [5.74, 6) is 0.825. The van der Waals surface area contributed by atoms with Gasteiger partial charge in [0.1, 0.15) is 11.5 Å². The summed E-state index contributed by atoms with van der Waals surface area (Å²) >= 11 is 0.